The highest BCUT2D eigenvalue weighted by Gasteiger charge is 2.34. The van der Waals surface area contributed by atoms with E-state index in [1.165, 1.54) is 6.42 Å². The van der Waals surface area contributed by atoms with Crippen molar-refractivity contribution in [3.05, 3.63) is 54.2 Å². The quantitative estimate of drug-likeness (QED) is 0.750. The Morgan fingerprint density at radius 1 is 0.933 bits per heavy atom. The topological polar surface area (TPSA) is 69.1 Å². The van der Waals surface area contributed by atoms with E-state index in [2.05, 4.69) is 30.1 Å². The lowest BCUT2D eigenvalue weighted by Gasteiger charge is -2.40. The molecule has 4 heterocycles. The van der Waals surface area contributed by atoms with E-state index in [9.17, 15) is 8.42 Å². The Morgan fingerprint density at radius 2 is 1.73 bits per heavy atom. The second-order valence-corrected chi connectivity index (χ2v) is 9.89. The summed E-state index contributed by atoms with van der Waals surface area (Å²) in [5.41, 5.74) is 0.752. The molecule has 2 aromatic rings. The largest absolute Gasteiger partial charge is 0.355 e. The van der Waals surface area contributed by atoms with E-state index < -0.39 is 10.0 Å². The number of piperidine rings is 1. The van der Waals surface area contributed by atoms with Gasteiger partial charge < -0.3 is 9.80 Å². The van der Waals surface area contributed by atoms with Crippen molar-refractivity contribution in [3.8, 4) is 0 Å². The maximum absolute atomic E-state index is 12.4. The van der Waals surface area contributed by atoms with Crippen molar-refractivity contribution in [1.82, 2.24) is 14.8 Å². The molecule has 5 rings (SSSR count). The smallest absolute Gasteiger partial charge is 0.285 e. The maximum Gasteiger partial charge on any atom is 0.285 e. The first kappa shape index (κ1) is 19.5. The van der Waals surface area contributed by atoms with Crippen molar-refractivity contribution in [3.63, 3.8) is 0 Å². The standard InChI is InChI=1S/C22H27N5O2S/c28-30(29)20-8-2-1-7-19(20)22(24-30)27-11-5-6-18(17-27)16-25-12-14-26(15-13-25)21-9-3-4-10-23-21/h1-4,7-10,18H,5-6,11-17H2. The first-order valence-electron chi connectivity index (χ1n) is 10.7. The summed E-state index contributed by atoms with van der Waals surface area (Å²) in [7, 11) is -3.56. The van der Waals surface area contributed by atoms with Crippen molar-refractivity contribution in [2.24, 2.45) is 10.3 Å². The normalized spacial score (nSPS) is 23.9. The molecular formula is C22H27N5O2S. The zero-order valence-electron chi connectivity index (χ0n) is 17.0. The van der Waals surface area contributed by atoms with Crippen LogP contribution in [0.5, 0.6) is 0 Å². The number of hydrogen-bond acceptors (Lipinski definition) is 6. The van der Waals surface area contributed by atoms with Gasteiger partial charge in [0.2, 0.25) is 0 Å². The van der Waals surface area contributed by atoms with E-state index in [0.717, 1.165) is 63.6 Å². The monoisotopic (exact) mass is 425 g/mol. The second kappa shape index (κ2) is 8.00. The van der Waals surface area contributed by atoms with E-state index in [4.69, 9.17) is 0 Å². The van der Waals surface area contributed by atoms with Gasteiger partial charge in [-0.1, -0.05) is 18.2 Å². The van der Waals surface area contributed by atoms with Gasteiger partial charge in [0.25, 0.3) is 10.0 Å². The number of hydrogen-bond donors (Lipinski definition) is 0. The highest BCUT2D eigenvalue weighted by molar-refractivity contribution is 7.90. The lowest BCUT2D eigenvalue weighted by molar-refractivity contribution is 0.167. The molecule has 1 aromatic heterocycles. The van der Waals surface area contributed by atoms with Gasteiger partial charge in [-0.2, -0.15) is 8.42 Å². The summed E-state index contributed by atoms with van der Waals surface area (Å²) in [6.07, 6.45) is 4.10. The van der Waals surface area contributed by atoms with Gasteiger partial charge in [0, 0.05) is 57.6 Å². The molecule has 8 heteroatoms. The molecule has 0 N–H and O–H groups in total. The van der Waals surface area contributed by atoms with Crippen molar-refractivity contribution in [2.75, 3.05) is 50.7 Å². The van der Waals surface area contributed by atoms with E-state index in [1.807, 2.05) is 30.5 Å². The summed E-state index contributed by atoms with van der Waals surface area (Å²) in [5, 5.41) is 0. The number of nitrogens with zero attached hydrogens (tertiary/aromatic N) is 5. The molecule has 2 saturated heterocycles. The number of amidine groups is 1. The van der Waals surface area contributed by atoms with Crippen LogP contribution in [-0.2, 0) is 10.0 Å². The molecule has 2 fully saturated rings. The minimum atomic E-state index is -3.56. The van der Waals surface area contributed by atoms with Crippen LogP contribution < -0.4 is 4.90 Å². The number of benzene rings is 1. The van der Waals surface area contributed by atoms with E-state index in [0.29, 0.717) is 16.6 Å². The molecule has 3 aliphatic heterocycles. The molecular weight excluding hydrogens is 398 g/mol. The fraction of sp³-hybridized carbons (Fsp3) is 0.455. The predicted octanol–water partition coefficient (Wildman–Crippen LogP) is 2.06. The zero-order chi connectivity index (χ0) is 20.6. The van der Waals surface area contributed by atoms with Crippen LogP contribution in [-0.4, -0.2) is 74.9 Å². The fourth-order valence-electron chi connectivity index (χ4n) is 4.79. The molecule has 0 aliphatic carbocycles. The first-order valence-corrected chi connectivity index (χ1v) is 12.1. The minimum Gasteiger partial charge on any atom is -0.355 e. The lowest BCUT2D eigenvalue weighted by atomic mass is 9.96. The highest BCUT2D eigenvalue weighted by atomic mass is 32.2. The maximum atomic E-state index is 12.4. The molecule has 1 aromatic carbocycles. The molecule has 0 saturated carbocycles. The van der Waals surface area contributed by atoms with Gasteiger partial charge in [0.05, 0.1) is 0 Å². The van der Waals surface area contributed by atoms with Gasteiger partial charge in [0.1, 0.15) is 10.7 Å². The summed E-state index contributed by atoms with van der Waals surface area (Å²) in [6, 6.07) is 13.2. The van der Waals surface area contributed by atoms with Crippen LogP contribution >= 0.6 is 0 Å². The van der Waals surface area contributed by atoms with Gasteiger partial charge in [-0.15, -0.1) is 4.40 Å². The van der Waals surface area contributed by atoms with E-state index in [-0.39, 0.29) is 0 Å². The number of piperazine rings is 1. The number of sulfonamides is 1. The molecule has 0 amide bonds. The molecule has 158 valence electrons. The van der Waals surface area contributed by atoms with Crippen molar-refractivity contribution in [1.29, 1.82) is 0 Å². The number of rotatable bonds is 3. The Labute approximate surface area is 178 Å². The van der Waals surface area contributed by atoms with Gasteiger partial charge in [0.15, 0.2) is 5.84 Å². The van der Waals surface area contributed by atoms with Crippen LogP contribution in [0, 0.1) is 5.92 Å². The van der Waals surface area contributed by atoms with Gasteiger partial charge in [-0.05, 0) is 43.0 Å². The Bertz CT molecular complexity index is 1030. The van der Waals surface area contributed by atoms with Crippen LogP contribution in [0.4, 0.5) is 5.82 Å². The number of anilines is 1. The molecule has 0 radical (unpaired) electrons. The van der Waals surface area contributed by atoms with Crippen molar-refractivity contribution >= 4 is 21.7 Å². The third kappa shape index (κ3) is 3.81. The molecule has 3 aliphatic rings. The van der Waals surface area contributed by atoms with Crippen LogP contribution in [0.15, 0.2) is 58.0 Å². The van der Waals surface area contributed by atoms with E-state index in [1.54, 1.807) is 12.1 Å². The Hall–Kier alpha value is -2.45. The predicted molar refractivity (Wildman–Crippen MR) is 117 cm³/mol. The first-order chi connectivity index (χ1) is 14.6. The second-order valence-electron chi connectivity index (χ2n) is 8.32. The summed E-state index contributed by atoms with van der Waals surface area (Å²) >= 11 is 0. The van der Waals surface area contributed by atoms with E-state index >= 15 is 0 Å². The Balaban J connectivity index is 1.21. The zero-order valence-corrected chi connectivity index (χ0v) is 17.8. The number of fused-ring (bicyclic) bond motifs is 1. The summed E-state index contributed by atoms with van der Waals surface area (Å²) in [5.74, 6) is 2.22. The van der Waals surface area contributed by atoms with Crippen LogP contribution in [0.3, 0.4) is 0 Å². The van der Waals surface area contributed by atoms with Crippen LogP contribution in [0.1, 0.15) is 18.4 Å². The third-order valence-electron chi connectivity index (χ3n) is 6.29. The van der Waals surface area contributed by atoms with Crippen LogP contribution in [0.25, 0.3) is 0 Å². The number of pyridine rings is 1. The van der Waals surface area contributed by atoms with Gasteiger partial charge in [-0.3, -0.25) is 4.90 Å². The number of aromatic nitrogens is 1. The molecule has 7 nitrogen and oxygen atoms in total. The Morgan fingerprint density at radius 3 is 2.53 bits per heavy atom. The summed E-state index contributed by atoms with van der Waals surface area (Å²) in [6.45, 7) is 6.83. The summed E-state index contributed by atoms with van der Waals surface area (Å²) < 4.78 is 29.0. The van der Waals surface area contributed by atoms with Gasteiger partial charge >= 0.3 is 0 Å². The SMILES string of the molecule is O=S1(=O)N=C(N2CCCC(CN3CCN(c4ccccn4)CC3)C2)c2ccccc21. The Kier molecular flexibility index (Phi) is 5.20. The molecule has 0 spiro atoms. The average molecular weight is 426 g/mol. The third-order valence-corrected chi connectivity index (χ3v) is 7.62. The van der Waals surface area contributed by atoms with Gasteiger partial charge in [-0.25, -0.2) is 4.98 Å². The average Bonchev–Trinajstić information content (AvgIpc) is 3.06. The molecule has 0 bridgehead atoms. The summed E-state index contributed by atoms with van der Waals surface area (Å²) in [4.78, 5) is 11.9. The highest BCUT2D eigenvalue weighted by Crippen LogP contribution is 2.30. The number of likely N-dealkylation sites (tertiary alicyclic amines) is 1. The molecule has 1 unspecified atom stereocenters. The molecule has 1 atom stereocenters. The van der Waals surface area contributed by atoms with Crippen molar-refractivity contribution < 1.29 is 8.42 Å². The lowest BCUT2D eigenvalue weighted by Crippen LogP contribution is -2.50. The fourth-order valence-corrected chi connectivity index (χ4v) is 6.02. The van der Waals surface area contributed by atoms with Crippen molar-refractivity contribution in [2.45, 2.75) is 17.7 Å². The van der Waals surface area contributed by atoms with Crippen LogP contribution in [0.2, 0.25) is 0 Å². The molecule has 30 heavy (non-hydrogen) atoms. The minimum absolute atomic E-state index is 0.341.